The van der Waals surface area contributed by atoms with Crippen molar-refractivity contribution in [2.24, 2.45) is 5.73 Å². The number of morpholine rings is 1. The number of piperidine rings is 1. The maximum absolute atomic E-state index is 12.3. The molecule has 0 aliphatic carbocycles. The molecule has 2 fully saturated rings. The summed E-state index contributed by atoms with van der Waals surface area (Å²) in [7, 11) is 0. The van der Waals surface area contributed by atoms with Gasteiger partial charge in [-0.1, -0.05) is 0 Å². The lowest BCUT2D eigenvalue weighted by Gasteiger charge is -2.37. The molecule has 0 aromatic carbocycles. The summed E-state index contributed by atoms with van der Waals surface area (Å²) in [6.45, 7) is 7.81. The van der Waals surface area contributed by atoms with Crippen LogP contribution in [0.25, 0.3) is 0 Å². The van der Waals surface area contributed by atoms with E-state index in [1.807, 2.05) is 18.7 Å². The highest BCUT2D eigenvalue weighted by atomic mass is 35.5. The second-order valence-electron chi connectivity index (χ2n) is 5.69. The fourth-order valence-electron chi connectivity index (χ4n) is 2.91. The largest absolute Gasteiger partial charge is 0.372 e. The van der Waals surface area contributed by atoms with Gasteiger partial charge in [0.15, 0.2) is 0 Å². The Morgan fingerprint density at radius 2 is 1.89 bits per heavy atom. The van der Waals surface area contributed by atoms with Crippen LogP contribution in [0.1, 0.15) is 26.7 Å². The van der Waals surface area contributed by atoms with Gasteiger partial charge in [0.25, 0.3) is 0 Å². The summed E-state index contributed by atoms with van der Waals surface area (Å²) in [4.78, 5) is 16.4. The van der Waals surface area contributed by atoms with E-state index >= 15 is 0 Å². The molecule has 19 heavy (non-hydrogen) atoms. The summed E-state index contributed by atoms with van der Waals surface area (Å²) in [6, 6.07) is 0.231. The SMILES string of the molecule is CC1CN(C(=O)CN2CCCC(N)C2)CC(C)O1.Cl. The van der Waals surface area contributed by atoms with Gasteiger partial charge < -0.3 is 15.4 Å². The monoisotopic (exact) mass is 291 g/mol. The number of amides is 1. The number of nitrogens with zero attached hydrogens (tertiary/aromatic N) is 2. The molecule has 0 aromatic rings. The van der Waals surface area contributed by atoms with Crippen molar-refractivity contribution in [1.29, 1.82) is 0 Å². The van der Waals surface area contributed by atoms with E-state index in [1.165, 1.54) is 0 Å². The summed E-state index contributed by atoms with van der Waals surface area (Å²) >= 11 is 0. The summed E-state index contributed by atoms with van der Waals surface area (Å²) in [5.74, 6) is 0.214. The number of ether oxygens (including phenoxy) is 1. The van der Waals surface area contributed by atoms with Crippen LogP contribution in [-0.4, -0.2) is 66.7 Å². The summed E-state index contributed by atoms with van der Waals surface area (Å²) in [5.41, 5.74) is 5.94. The van der Waals surface area contributed by atoms with Crippen LogP contribution in [-0.2, 0) is 9.53 Å². The second kappa shape index (κ2) is 7.43. The van der Waals surface area contributed by atoms with E-state index in [-0.39, 0.29) is 36.6 Å². The van der Waals surface area contributed by atoms with Crippen molar-refractivity contribution in [2.45, 2.75) is 44.9 Å². The molecule has 2 N–H and O–H groups in total. The number of halogens is 1. The molecule has 6 heteroatoms. The maximum Gasteiger partial charge on any atom is 0.236 e. The molecule has 2 aliphatic heterocycles. The van der Waals surface area contributed by atoms with Crippen molar-refractivity contribution < 1.29 is 9.53 Å². The van der Waals surface area contributed by atoms with Crippen LogP contribution in [0.2, 0.25) is 0 Å². The molecule has 3 unspecified atom stereocenters. The van der Waals surface area contributed by atoms with Gasteiger partial charge in [-0.2, -0.15) is 0 Å². The molecule has 2 saturated heterocycles. The Kier molecular flexibility index (Phi) is 6.53. The lowest BCUT2D eigenvalue weighted by atomic mass is 10.1. The topological polar surface area (TPSA) is 58.8 Å². The van der Waals surface area contributed by atoms with Crippen molar-refractivity contribution in [2.75, 3.05) is 32.7 Å². The Hall–Kier alpha value is -0.360. The molecule has 0 saturated carbocycles. The number of carbonyl (C=O) groups is 1. The number of hydrogen-bond acceptors (Lipinski definition) is 4. The molecule has 5 nitrogen and oxygen atoms in total. The molecule has 3 atom stereocenters. The van der Waals surface area contributed by atoms with Gasteiger partial charge in [-0.25, -0.2) is 0 Å². The van der Waals surface area contributed by atoms with E-state index < -0.39 is 0 Å². The van der Waals surface area contributed by atoms with Gasteiger partial charge >= 0.3 is 0 Å². The average molecular weight is 292 g/mol. The number of rotatable bonds is 2. The van der Waals surface area contributed by atoms with Gasteiger partial charge in [-0.15, -0.1) is 12.4 Å². The Balaban J connectivity index is 0.00000180. The first-order chi connectivity index (χ1) is 8.54. The lowest BCUT2D eigenvalue weighted by molar-refractivity contribution is -0.144. The van der Waals surface area contributed by atoms with E-state index in [0.29, 0.717) is 19.6 Å². The number of carbonyl (C=O) groups excluding carboxylic acids is 1. The molecule has 2 heterocycles. The predicted octanol–water partition coefficient (Wildman–Crippen LogP) is 0.467. The van der Waals surface area contributed by atoms with E-state index in [4.69, 9.17) is 10.5 Å². The smallest absolute Gasteiger partial charge is 0.236 e. The molecule has 2 aliphatic rings. The number of hydrogen-bond donors (Lipinski definition) is 1. The van der Waals surface area contributed by atoms with Crippen molar-refractivity contribution in [1.82, 2.24) is 9.80 Å². The summed E-state index contributed by atoms with van der Waals surface area (Å²) in [5, 5.41) is 0. The standard InChI is InChI=1S/C13H25N3O2.ClH/c1-10-6-16(7-11(2)18-10)13(17)9-15-5-3-4-12(14)8-15;/h10-12H,3-9,14H2,1-2H3;1H. The van der Waals surface area contributed by atoms with Crippen molar-refractivity contribution >= 4 is 18.3 Å². The van der Waals surface area contributed by atoms with E-state index in [2.05, 4.69) is 4.90 Å². The first-order valence-corrected chi connectivity index (χ1v) is 6.95. The van der Waals surface area contributed by atoms with Crippen molar-refractivity contribution in [3.63, 3.8) is 0 Å². The molecule has 112 valence electrons. The fraction of sp³-hybridized carbons (Fsp3) is 0.923. The van der Waals surface area contributed by atoms with Gasteiger partial charge in [0.1, 0.15) is 0 Å². The summed E-state index contributed by atoms with van der Waals surface area (Å²) < 4.78 is 5.65. The minimum Gasteiger partial charge on any atom is -0.372 e. The third-order valence-corrected chi connectivity index (χ3v) is 3.67. The quantitative estimate of drug-likeness (QED) is 0.803. The number of nitrogens with two attached hydrogens (primary N) is 1. The average Bonchev–Trinajstić information content (AvgIpc) is 2.27. The Labute approximate surface area is 121 Å². The minimum absolute atomic E-state index is 0. The van der Waals surface area contributed by atoms with Crippen LogP contribution in [0.3, 0.4) is 0 Å². The highest BCUT2D eigenvalue weighted by Gasteiger charge is 2.27. The van der Waals surface area contributed by atoms with E-state index in [1.54, 1.807) is 0 Å². The van der Waals surface area contributed by atoms with Gasteiger partial charge in [-0.05, 0) is 33.2 Å². The van der Waals surface area contributed by atoms with Gasteiger partial charge in [0.05, 0.1) is 18.8 Å². The van der Waals surface area contributed by atoms with Crippen molar-refractivity contribution in [3.8, 4) is 0 Å². The van der Waals surface area contributed by atoms with Gasteiger partial charge in [0.2, 0.25) is 5.91 Å². The van der Waals surface area contributed by atoms with Gasteiger partial charge in [-0.3, -0.25) is 9.69 Å². The molecule has 0 aromatic heterocycles. The van der Waals surface area contributed by atoms with Crippen LogP contribution >= 0.6 is 12.4 Å². The van der Waals surface area contributed by atoms with Crippen LogP contribution < -0.4 is 5.73 Å². The van der Waals surface area contributed by atoms with Crippen LogP contribution in [0.4, 0.5) is 0 Å². The first kappa shape index (κ1) is 16.7. The zero-order valence-corrected chi connectivity index (χ0v) is 12.7. The van der Waals surface area contributed by atoms with Crippen LogP contribution in [0, 0.1) is 0 Å². The minimum atomic E-state index is 0. The van der Waals surface area contributed by atoms with Gasteiger partial charge in [0, 0.05) is 25.7 Å². The maximum atomic E-state index is 12.3. The highest BCUT2D eigenvalue weighted by molar-refractivity contribution is 5.85. The molecule has 0 radical (unpaired) electrons. The normalized spacial score (nSPS) is 32.8. The molecular formula is C13H26ClN3O2. The molecule has 1 amide bonds. The number of likely N-dealkylation sites (tertiary alicyclic amines) is 1. The zero-order chi connectivity index (χ0) is 13.1. The second-order valence-corrected chi connectivity index (χ2v) is 5.69. The lowest BCUT2D eigenvalue weighted by Crippen LogP contribution is -2.53. The Morgan fingerprint density at radius 1 is 1.26 bits per heavy atom. The molecule has 2 rings (SSSR count). The van der Waals surface area contributed by atoms with E-state index in [0.717, 1.165) is 25.9 Å². The summed E-state index contributed by atoms with van der Waals surface area (Å²) in [6.07, 6.45) is 2.46. The predicted molar refractivity (Wildman–Crippen MR) is 77.5 cm³/mol. The Morgan fingerprint density at radius 3 is 2.47 bits per heavy atom. The van der Waals surface area contributed by atoms with E-state index in [9.17, 15) is 4.79 Å². The first-order valence-electron chi connectivity index (χ1n) is 6.95. The fourth-order valence-corrected chi connectivity index (χ4v) is 2.91. The van der Waals surface area contributed by atoms with Crippen LogP contribution in [0.15, 0.2) is 0 Å². The highest BCUT2D eigenvalue weighted by Crippen LogP contribution is 2.13. The molecule has 0 bridgehead atoms. The molecule has 0 spiro atoms. The Bertz CT molecular complexity index is 294. The third-order valence-electron chi connectivity index (χ3n) is 3.67. The third kappa shape index (κ3) is 4.91. The zero-order valence-electron chi connectivity index (χ0n) is 11.9. The molecular weight excluding hydrogens is 266 g/mol. The van der Waals surface area contributed by atoms with Crippen LogP contribution in [0.5, 0.6) is 0 Å². The van der Waals surface area contributed by atoms with Crippen molar-refractivity contribution in [3.05, 3.63) is 0 Å².